The van der Waals surface area contributed by atoms with E-state index in [4.69, 9.17) is 4.74 Å². The fraction of sp³-hybridized carbons (Fsp3) is 0.238. The number of hydrogen-bond donors (Lipinski definition) is 2. The summed E-state index contributed by atoms with van der Waals surface area (Å²) >= 11 is 0. The summed E-state index contributed by atoms with van der Waals surface area (Å²) in [5, 5.41) is 20.1. The molecule has 0 bridgehead atoms. The van der Waals surface area contributed by atoms with Crippen LogP contribution in [0.4, 0.5) is 0 Å². The first-order valence-corrected chi connectivity index (χ1v) is 8.76. The molecule has 6 heteroatoms. The van der Waals surface area contributed by atoms with Crippen LogP contribution in [0, 0.1) is 0 Å². The summed E-state index contributed by atoms with van der Waals surface area (Å²) in [4.78, 5) is 26.4. The third-order valence-corrected chi connectivity index (χ3v) is 4.43. The van der Waals surface area contributed by atoms with Crippen LogP contribution >= 0.6 is 0 Å². The summed E-state index contributed by atoms with van der Waals surface area (Å²) in [5.74, 6) is -1.09. The van der Waals surface area contributed by atoms with Crippen LogP contribution in [-0.4, -0.2) is 46.6 Å². The van der Waals surface area contributed by atoms with Gasteiger partial charge in [0.05, 0.1) is 24.8 Å². The number of hydrogen-bond acceptors (Lipinski definition) is 5. The molecule has 140 valence electrons. The minimum Gasteiger partial charge on any atom is -0.507 e. The standard InChI is InChI=1S/C21H21NO5/c1-2-27-16-10-8-15(9-11-16)19(24)17-18(14-6-4-3-5-7-14)22(12-13-23)21(26)20(17)25/h3-11,18,23-24H,2,12-13H2,1H3/t18-/m0/s1. The molecule has 0 unspecified atom stereocenters. The third-order valence-electron chi connectivity index (χ3n) is 4.43. The molecule has 2 N–H and O–H groups in total. The van der Waals surface area contributed by atoms with E-state index >= 15 is 0 Å². The minimum atomic E-state index is -0.760. The molecule has 27 heavy (non-hydrogen) atoms. The van der Waals surface area contributed by atoms with E-state index in [1.807, 2.05) is 13.0 Å². The molecular weight excluding hydrogens is 346 g/mol. The highest BCUT2D eigenvalue weighted by atomic mass is 16.5. The van der Waals surface area contributed by atoms with Crippen molar-refractivity contribution in [2.45, 2.75) is 13.0 Å². The highest BCUT2D eigenvalue weighted by Gasteiger charge is 2.45. The SMILES string of the molecule is CCOc1ccc(C(O)=C2C(=O)C(=O)N(CCO)[C@H]2c2ccccc2)cc1. The number of aliphatic hydroxyl groups excluding tert-OH is 2. The summed E-state index contributed by atoms with van der Waals surface area (Å²) in [6.45, 7) is 2.12. The maximum Gasteiger partial charge on any atom is 0.295 e. The normalized spacial score (nSPS) is 18.7. The van der Waals surface area contributed by atoms with Gasteiger partial charge in [0.25, 0.3) is 11.7 Å². The molecule has 0 saturated carbocycles. The first kappa shape index (κ1) is 18.7. The number of carbonyl (C=O) groups excluding carboxylic acids is 2. The fourth-order valence-electron chi connectivity index (χ4n) is 3.23. The Bertz CT molecular complexity index is 858. The van der Waals surface area contributed by atoms with Crippen LogP contribution in [0.1, 0.15) is 24.1 Å². The molecule has 0 aliphatic carbocycles. The van der Waals surface area contributed by atoms with Gasteiger partial charge in [0, 0.05) is 12.1 Å². The molecule has 0 radical (unpaired) electrons. The summed E-state index contributed by atoms with van der Waals surface area (Å²) < 4.78 is 5.39. The third kappa shape index (κ3) is 3.57. The van der Waals surface area contributed by atoms with Gasteiger partial charge >= 0.3 is 0 Å². The van der Waals surface area contributed by atoms with E-state index in [1.54, 1.807) is 48.5 Å². The Hall–Kier alpha value is -3.12. The summed E-state index contributed by atoms with van der Waals surface area (Å²) in [5.41, 5.74) is 1.13. The number of nitrogens with zero attached hydrogens (tertiary/aromatic N) is 1. The van der Waals surface area contributed by atoms with Crippen molar-refractivity contribution in [3.8, 4) is 5.75 Å². The lowest BCUT2D eigenvalue weighted by Crippen LogP contribution is -2.32. The van der Waals surface area contributed by atoms with E-state index in [9.17, 15) is 19.8 Å². The zero-order valence-electron chi connectivity index (χ0n) is 15.0. The van der Waals surface area contributed by atoms with Crippen molar-refractivity contribution in [1.29, 1.82) is 0 Å². The molecule has 2 aromatic carbocycles. The van der Waals surface area contributed by atoms with E-state index < -0.39 is 17.7 Å². The summed E-state index contributed by atoms with van der Waals surface area (Å²) in [6, 6.07) is 14.9. The minimum absolute atomic E-state index is 0.00416. The van der Waals surface area contributed by atoms with Gasteiger partial charge in [-0.3, -0.25) is 9.59 Å². The van der Waals surface area contributed by atoms with Crippen LogP contribution < -0.4 is 4.74 Å². The van der Waals surface area contributed by atoms with Gasteiger partial charge in [-0.15, -0.1) is 0 Å². The second-order valence-electron chi connectivity index (χ2n) is 6.08. The average molecular weight is 367 g/mol. The lowest BCUT2D eigenvalue weighted by atomic mass is 9.95. The van der Waals surface area contributed by atoms with Crippen LogP contribution in [0.3, 0.4) is 0 Å². The Balaban J connectivity index is 2.10. The van der Waals surface area contributed by atoms with Crippen molar-refractivity contribution in [1.82, 2.24) is 4.90 Å². The first-order chi connectivity index (χ1) is 13.1. The van der Waals surface area contributed by atoms with Gasteiger partial charge in [0.1, 0.15) is 11.5 Å². The van der Waals surface area contributed by atoms with Crippen molar-refractivity contribution in [3.05, 3.63) is 71.3 Å². The largest absolute Gasteiger partial charge is 0.507 e. The maximum absolute atomic E-state index is 12.6. The second kappa shape index (κ2) is 8.05. The molecule has 1 aliphatic rings. The van der Waals surface area contributed by atoms with E-state index in [0.717, 1.165) is 0 Å². The maximum atomic E-state index is 12.6. The molecule has 6 nitrogen and oxygen atoms in total. The molecule has 1 saturated heterocycles. The van der Waals surface area contributed by atoms with Crippen molar-refractivity contribution in [3.63, 3.8) is 0 Å². The fourth-order valence-corrected chi connectivity index (χ4v) is 3.23. The monoisotopic (exact) mass is 367 g/mol. The Kier molecular flexibility index (Phi) is 5.57. The van der Waals surface area contributed by atoms with E-state index in [2.05, 4.69) is 0 Å². The van der Waals surface area contributed by atoms with Gasteiger partial charge < -0.3 is 19.8 Å². The lowest BCUT2D eigenvalue weighted by molar-refractivity contribution is -0.140. The Morgan fingerprint density at radius 3 is 2.33 bits per heavy atom. The summed E-state index contributed by atoms with van der Waals surface area (Å²) in [6.07, 6.45) is 0. The number of likely N-dealkylation sites (tertiary alicyclic amines) is 1. The van der Waals surface area contributed by atoms with Gasteiger partial charge in [-0.2, -0.15) is 0 Å². The van der Waals surface area contributed by atoms with Gasteiger partial charge in [0.15, 0.2) is 0 Å². The zero-order chi connectivity index (χ0) is 19.4. The topological polar surface area (TPSA) is 87.1 Å². The smallest absolute Gasteiger partial charge is 0.295 e. The number of rotatable bonds is 6. The van der Waals surface area contributed by atoms with Crippen molar-refractivity contribution in [2.75, 3.05) is 19.8 Å². The number of Topliss-reactive ketones (excluding diaryl/α,β-unsaturated/α-hetero) is 1. The molecule has 1 heterocycles. The predicted octanol–water partition coefficient (Wildman–Crippen LogP) is 2.50. The number of ketones is 1. The number of benzene rings is 2. The van der Waals surface area contributed by atoms with Crippen LogP contribution in [0.15, 0.2) is 60.2 Å². The molecule has 1 fully saturated rings. The van der Waals surface area contributed by atoms with Gasteiger partial charge in [-0.05, 0) is 36.8 Å². The quantitative estimate of drug-likeness (QED) is 0.465. The van der Waals surface area contributed by atoms with E-state index in [1.165, 1.54) is 4.90 Å². The Morgan fingerprint density at radius 2 is 1.74 bits per heavy atom. The zero-order valence-corrected chi connectivity index (χ0v) is 15.0. The predicted molar refractivity (Wildman–Crippen MR) is 100 cm³/mol. The number of ether oxygens (including phenoxy) is 1. The number of β-amino-alcohol motifs (C(OH)–C–C–N with tert-alkyl or cyclic N) is 1. The number of amides is 1. The Labute approximate surface area is 157 Å². The van der Waals surface area contributed by atoms with Crippen molar-refractivity contribution in [2.24, 2.45) is 0 Å². The van der Waals surface area contributed by atoms with Gasteiger partial charge in [-0.1, -0.05) is 30.3 Å². The number of carbonyl (C=O) groups is 2. The highest BCUT2D eigenvalue weighted by molar-refractivity contribution is 6.46. The Morgan fingerprint density at radius 1 is 1.07 bits per heavy atom. The van der Waals surface area contributed by atoms with Crippen LogP contribution in [0.2, 0.25) is 0 Å². The summed E-state index contributed by atoms with van der Waals surface area (Å²) in [7, 11) is 0. The first-order valence-electron chi connectivity index (χ1n) is 8.76. The molecule has 0 aromatic heterocycles. The lowest BCUT2D eigenvalue weighted by Gasteiger charge is -2.24. The average Bonchev–Trinajstić information content (AvgIpc) is 2.94. The van der Waals surface area contributed by atoms with Crippen molar-refractivity contribution < 1.29 is 24.5 Å². The highest BCUT2D eigenvalue weighted by Crippen LogP contribution is 2.39. The molecule has 2 aromatic rings. The van der Waals surface area contributed by atoms with Gasteiger partial charge in [0.2, 0.25) is 0 Å². The molecule has 1 atom stereocenters. The van der Waals surface area contributed by atoms with Crippen LogP contribution in [-0.2, 0) is 9.59 Å². The molecular formula is C21H21NO5. The van der Waals surface area contributed by atoms with E-state index in [0.29, 0.717) is 23.5 Å². The molecule has 0 spiro atoms. The second-order valence-corrected chi connectivity index (χ2v) is 6.08. The number of aliphatic hydroxyl groups is 2. The molecule has 1 amide bonds. The van der Waals surface area contributed by atoms with Gasteiger partial charge in [-0.25, -0.2) is 0 Å². The van der Waals surface area contributed by atoms with E-state index in [-0.39, 0.29) is 24.5 Å². The van der Waals surface area contributed by atoms with Crippen molar-refractivity contribution >= 4 is 17.4 Å². The molecule has 3 rings (SSSR count). The van der Waals surface area contributed by atoms with Crippen LogP contribution in [0.5, 0.6) is 5.75 Å². The van der Waals surface area contributed by atoms with Crippen LogP contribution in [0.25, 0.3) is 5.76 Å². The molecule has 1 aliphatic heterocycles.